The Kier molecular flexibility index (Phi) is 2.82. The molecular formula is C12H11NO4. The first-order chi connectivity index (χ1) is 8.11. The van der Waals surface area contributed by atoms with E-state index in [2.05, 4.69) is 5.32 Å². The molecule has 2 rings (SSSR count). The molecule has 5 heteroatoms. The topological polar surface area (TPSA) is 75.6 Å². The van der Waals surface area contributed by atoms with Gasteiger partial charge in [0.25, 0.3) is 0 Å². The van der Waals surface area contributed by atoms with Crippen LogP contribution in [0.15, 0.2) is 29.8 Å². The number of carboxylic acids is 1. The zero-order valence-corrected chi connectivity index (χ0v) is 9.19. The number of carboxylic acid groups (broad SMARTS) is 1. The van der Waals surface area contributed by atoms with Gasteiger partial charge in [0, 0.05) is 5.56 Å². The average molecular weight is 233 g/mol. The molecule has 0 unspecified atom stereocenters. The highest BCUT2D eigenvalue weighted by Crippen LogP contribution is 2.26. The fraction of sp³-hybridized carbons (Fsp3) is 0.167. The molecule has 1 heterocycles. The summed E-state index contributed by atoms with van der Waals surface area (Å²) in [6.45, 7) is 0. The first-order valence-electron chi connectivity index (χ1n) is 5.02. The van der Waals surface area contributed by atoms with Gasteiger partial charge in [-0.05, 0) is 12.1 Å². The summed E-state index contributed by atoms with van der Waals surface area (Å²) in [4.78, 5) is 22.3. The molecule has 0 saturated carbocycles. The number of benzene rings is 1. The van der Waals surface area contributed by atoms with Gasteiger partial charge in [-0.25, -0.2) is 4.79 Å². The second kappa shape index (κ2) is 4.29. The van der Waals surface area contributed by atoms with Crippen molar-refractivity contribution in [3.05, 3.63) is 35.4 Å². The Morgan fingerprint density at radius 2 is 2.24 bits per heavy atom. The van der Waals surface area contributed by atoms with Crippen molar-refractivity contribution in [3.8, 4) is 5.75 Å². The van der Waals surface area contributed by atoms with Crippen molar-refractivity contribution in [3.63, 3.8) is 0 Å². The largest absolute Gasteiger partial charge is 0.497 e. The van der Waals surface area contributed by atoms with Gasteiger partial charge in [-0.1, -0.05) is 12.1 Å². The molecular weight excluding hydrogens is 222 g/mol. The highest BCUT2D eigenvalue weighted by molar-refractivity contribution is 6.08. The molecule has 1 amide bonds. The Morgan fingerprint density at radius 1 is 1.47 bits per heavy atom. The summed E-state index contributed by atoms with van der Waals surface area (Å²) >= 11 is 0. The number of amides is 1. The van der Waals surface area contributed by atoms with E-state index in [1.807, 2.05) is 0 Å². The number of ether oxygens (including phenoxy) is 1. The number of nitrogens with one attached hydrogen (secondary N) is 1. The molecule has 88 valence electrons. The third-order valence-corrected chi connectivity index (χ3v) is 2.52. The molecule has 1 aromatic carbocycles. The minimum atomic E-state index is -1.08. The van der Waals surface area contributed by atoms with Crippen LogP contribution in [0.3, 0.4) is 0 Å². The third kappa shape index (κ3) is 2.13. The van der Waals surface area contributed by atoms with Crippen molar-refractivity contribution in [1.29, 1.82) is 0 Å². The lowest BCUT2D eigenvalue weighted by Crippen LogP contribution is -2.14. The van der Waals surface area contributed by atoms with Gasteiger partial charge in [-0.3, -0.25) is 4.79 Å². The smallest absolute Gasteiger partial charge is 0.334 e. The standard InChI is InChI=1S/C12H11NO4/c1-17-8-4-2-3-7(5-8)11-9(12(15)16)6-10(14)13-11/h2-5H,6H2,1H3,(H,13,14)(H,15,16). The molecule has 0 atom stereocenters. The van der Waals surface area contributed by atoms with Crippen LogP contribution in [0.5, 0.6) is 5.75 Å². The van der Waals surface area contributed by atoms with Gasteiger partial charge >= 0.3 is 5.97 Å². The van der Waals surface area contributed by atoms with Crippen LogP contribution >= 0.6 is 0 Å². The maximum Gasteiger partial charge on any atom is 0.334 e. The zero-order chi connectivity index (χ0) is 12.4. The van der Waals surface area contributed by atoms with E-state index in [0.717, 1.165) is 0 Å². The van der Waals surface area contributed by atoms with E-state index in [0.29, 0.717) is 17.0 Å². The summed E-state index contributed by atoms with van der Waals surface area (Å²) in [6.07, 6.45) is -0.0954. The molecule has 0 aromatic heterocycles. The van der Waals surface area contributed by atoms with Crippen LogP contribution in [0.2, 0.25) is 0 Å². The van der Waals surface area contributed by atoms with Crippen LogP contribution in [-0.2, 0) is 9.59 Å². The number of methoxy groups -OCH3 is 1. The van der Waals surface area contributed by atoms with Gasteiger partial charge in [-0.15, -0.1) is 0 Å². The first kappa shape index (κ1) is 11.2. The van der Waals surface area contributed by atoms with Gasteiger partial charge in [0.2, 0.25) is 5.91 Å². The fourth-order valence-electron chi connectivity index (χ4n) is 1.72. The normalized spacial score (nSPS) is 14.8. The minimum absolute atomic E-state index is 0.0863. The van der Waals surface area contributed by atoms with Gasteiger partial charge < -0.3 is 15.2 Å². The Hall–Kier alpha value is -2.30. The lowest BCUT2D eigenvalue weighted by atomic mass is 10.1. The Balaban J connectivity index is 2.46. The SMILES string of the molecule is COc1cccc(C2=C(C(=O)O)CC(=O)N2)c1. The first-order valence-corrected chi connectivity index (χ1v) is 5.02. The molecule has 1 aliphatic heterocycles. The molecule has 0 radical (unpaired) electrons. The van der Waals surface area contributed by atoms with Crippen LogP contribution < -0.4 is 10.1 Å². The summed E-state index contributed by atoms with van der Waals surface area (Å²) < 4.78 is 5.05. The number of carbonyl (C=O) groups excluding carboxylic acids is 1. The number of aliphatic carboxylic acids is 1. The Labute approximate surface area is 97.7 Å². The maximum absolute atomic E-state index is 11.2. The van der Waals surface area contributed by atoms with Crippen LogP contribution in [-0.4, -0.2) is 24.1 Å². The molecule has 0 fully saturated rings. The minimum Gasteiger partial charge on any atom is -0.497 e. The maximum atomic E-state index is 11.2. The molecule has 0 aliphatic carbocycles. The van der Waals surface area contributed by atoms with Crippen LogP contribution in [0.4, 0.5) is 0 Å². The fourth-order valence-corrected chi connectivity index (χ4v) is 1.72. The van der Waals surface area contributed by atoms with Crippen molar-refractivity contribution in [1.82, 2.24) is 5.32 Å². The van der Waals surface area contributed by atoms with E-state index < -0.39 is 5.97 Å². The van der Waals surface area contributed by atoms with Crippen molar-refractivity contribution in [2.45, 2.75) is 6.42 Å². The highest BCUT2D eigenvalue weighted by atomic mass is 16.5. The molecule has 0 bridgehead atoms. The molecule has 2 N–H and O–H groups in total. The quantitative estimate of drug-likeness (QED) is 0.817. The van der Waals surface area contributed by atoms with Gasteiger partial charge in [-0.2, -0.15) is 0 Å². The van der Waals surface area contributed by atoms with Gasteiger partial charge in [0.1, 0.15) is 5.75 Å². The van der Waals surface area contributed by atoms with Crippen molar-refractivity contribution >= 4 is 17.6 Å². The highest BCUT2D eigenvalue weighted by Gasteiger charge is 2.26. The molecule has 0 saturated heterocycles. The second-order valence-electron chi connectivity index (χ2n) is 3.62. The number of carbonyl (C=O) groups is 2. The Bertz CT molecular complexity index is 519. The lowest BCUT2D eigenvalue weighted by molar-refractivity contribution is -0.133. The predicted molar refractivity (Wildman–Crippen MR) is 60.3 cm³/mol. The van der Waals surface area contributed by atoms with Gasteiger partial charge in [0.15, 0.2) is 0 Å². The summed E-state index contributed by atoms with van der Waals surface area (Å²) in [5, 5.41) is 11.6. The van der Waals surface area contributed by atoms with Crippen LogP contribution in [0.1, 0.15) is 12.0 Å². The third-order valence-electron chi connectivity index (χ3n) is 2.52. The van der Waals surface area contributed by atoms with E-state index in [1.165, 1.54) is 7.11 Å². The van der Waals surface area contributed by atoms with E-state index in [9.17, 15) is 9.59 Å². The molecule has 17 heavy (non-hydrogen) atoms. The van der Waals surface area contributed by atoms with Crippen molar-refractivity contribution in [2.75, 3.05) is 7.11 Å². The second-order valence-corrected chi connectivity index (χ2v) is 3.62. The van der Waals surface area contributed by atoms with Crippen LogP contribution in [0, 0.1) is 0 Å². The zero-order valence-electron chi connectivity index (χ0n) is 9.19. The summed E-state index contributed by atoms with van der Waals surface area (Å²) in [5.74, 6) is -0.776. The van der Waals surface area contributed by atoms with Gasteiger partial charge in [0.05, 0.1) is 24.8 Å². The molecule has 1 aromatic rings. The number of hydrogen-bond acceptors (Lipinski definition) is 3. The number of rotatable bonds is 3. The van der Waals surface area contributed by atoms with Crippen molar-refractivity contribution in [2.24, 2.45) is 0 Å². The average Bonchev–Trinajstić information content (AvgIpc) is 2.72. The van der Waals surface area contributed by atoms with E-state index in [4.69, 9.17) is 9.84 Å². The molecule has 1 aliphatic rings. The lowest BCUT2D eigenvalue weighted by Gasteiger charge is -2.06. The van der Waals surface area contributed by atoms with E-state index >= 15 is 0 Å². The van der Waals surface area contributed by atoms with E-state index in [-0.39, 0.29) is 17.9 Å². The number of hydrogen-bond donors (Lipinski definition) is 2. The van der Waals surface area contributed by atoms with Crippen molar-refractivity contribution < 1.29 is 19.4 Å². The Morgan fingerprint density at radius 3 is 2.88 bits per heavy atom. The van der Waals surface area contributed by atoms with E-state index in [1.54, 1.807) is 24.3 Å². The predicted octanol–water partition coefficient (Wildman–Crippen LogP) is 1.01. The summed E-state index contributed by atoms with van der Waals surface area (Å²) in [7, 11) is 1.53. The summed E-state index contributed by atoms with van der Waals surface area (Å²) in [5.41, 5.74) is 1.07. The summed E-state index contributed by atoms with van der Waals surface area (Å²) in [6, 6.07) is 6.91. The monoisotopic (exact) mass is 233 g/mol. The molecule has 0 spiro atoms. The molecule has 5 nitrogen and oxygen atoms in total. The van der Waals surface area contributed by atoms with Crippen LogP contribution in [0.25, 0.3) is 5.70 Å².